The van der Waals surface area contributed by atoms with Gasteiger partial charge >= 0.3 is 0 Å². The van der Waals surface area contributed by atoms with Crippen LogP contribution in [0.1, 0.15) is 13.8 Å². The minimum Gasteiger partial charge on any atom is -0.280 e. The Labute approximate surface area is 151 Å². The Morgan fingerprint density at radius 3 is 2.42 bits per heavy atom. The van der Waals surface area contributed by atoms with Gasteiger partial charge in [-0.05, 0) is 44.2 Å². The van der Waals surface area contributed by atoms with E-state index in [1.54, 1.807) is 18.2 Å². The maximum absolute atomic E-state index is 12.3. The van der Waals surface area contributed by atoms with E-state index in [1.165, 1.54) is 24.5 Å². The number of rotatable bonds is 5. The second-order valence-corrected chi connectivity index (χ2v) is 7.41. The van der Waals surface area contributed by atoms with Gasteiger partial charge in [0.1, 0.15) is 0 Å². The van der Waals surface area contributed by atoms with E-state index in [0.29, 0.717) is 11.4 Å². The number of hydrogen-bond donors (Lipinski definition) is 2. The monoisotopic (exact) mass is 371 g/mol. The van der Waals surface area contributed by atoms with Crippen LogP contribution in [-0.4, -0.2) is 29.6 Å². The lowest BCUT2D eigenvalue weighted by Crippen LogP contribution is -2.30. The molecule has 1 atom stereocenters. The van der Waals surface area contributed by atoms with Crippen LogP contribution in [0.4, 0.5) is 11.6 Å². The van der Waals surface area contributed by atoms with Gasteiger partial charge in [0.2, 0.25) is 5.95 Å². The summed E-state index contributed by atoms with van der Waals surface area (Å²) >= 11 is 0. The molecular formula is C16H17N7O2S. The van der Waals surface area contributed by atoms with Crippen molar-refractivity contribution >= 4 is 27.4 Å². The standard InChI is InChI=1S/C16H17N7O2S/c1-11-16(3,12(2)20-19-11)23-21-13-5-7-14(8-6-13)26(24,25)22-15-17-9-4-10-18-15/h4-10,19H,1H2,2-3H3,(H,17,18,22). The molecule has 1 unspecified atom stereocenters. The first-order chi connectivity index (χ1) is 12.3. The summed E-state index contributed by atoms with van der Waals surface area (Å²) in [5.74, 6) is 0.00574. The molecule has 2 N–H and O–H groups in total. The van der Waals surface area contributed by atoms with Gasteiger partial charge in [0.15, 0.2) is 5.54 Å². The fourth-order valence-corrected chi connectivity index (χ4v) is 3.06. The number of sulfonamides is 1. The van der Waals surface area contributed by atoms with E-state index in [1.807, 2.05) is 13.8 Å². The molecule has 0 aliphatic carbocycles. The first kappa shape index (κ1) is 17.7. The van der Waals surface area contributed by atoms with Crippen LogP contribution in [0.15, 0.2) is 75.2 Å². The highest BCUT2D eigenvalue weighted by molar-refractivity contribution is 7.92. The predicted molar refractivity (Wildman–Crippen MR) is 97.6 cm³/mol. The molecule has 0 spiro atoms. The summed E-state index contributed by atoms with van der Waals surface area (Å²) < 4.78 is 27.0. The summed E-state index contributed by atoms with van der Waals surface area (Å²) in [5, 5.41) is 12.5. The summed E-state index contributed by atoms with van der Waals surface area (Å²) in [4.78, 5) is 7.75. The number of anilines is 1. The molecule has 1 aliphatic heterocycles. The van der Waals surface area contributed by atoms with Crippen LogP contribution in [0, 0.1) is 0 Å². The quantitative estimate of drug-likeness (QED) is 0.783. The summed E-state index contributed by atoms with van der Waals surface area (Å²) in [5.41, 5.74) is 3.95. The lowest BCUT2D eigenvalue weighted by molar-refractivity contribution is 0.601. The van der Waals surface area contributed by atoms with E-state index < -0.39 is 15.6 Å². The van der Waals surface area contributed by atoms with Gasteiger partial charge < -0.3 is 0 Å². The molecule has 26 heavy (non-hydrogen) atoms. The first-order valence-corrected chi connectivity index (χ1v) is 9.12. The molecule has 2 aromatic rings. The zero-order valence-electron chi connectivity index (χ0n) is 14.2. The summed E-state index contributed by atoms with van der Waals surface area (Å²) in [7, 11) is -3.78. The number of hydrazone groups is 1. The highest BCUT2D eigenvalue weighted by Gasteiger charge is 2.36. The number of nitrogens with zero attached hydrogens (tertiary/aromatic N) is 5. The van der Waals surface area contributed by atoms with Crippen molar-refractivity contribution in [3.63, 3.8) is 0 Å². The number of hydrogen-bond acceptors (Lipinski definition) is 8. The van der Waals surface area contributed by atoms with Gasteiger partial charge in [-0.2, -0.15) is 15.3 Å². The molecule has 3 rings (SSSR count). The van der Waals surface area contributed by atoms with E-state index in [2.05, 4.69) is 42.0 Å². The van der Waals surface area contributed by atoms with Crippen molar-refractivity contribution in [3.05, 3.63) is 55.0 Å². The third-order valence-electron chi connectivity index (χ3n) is 3.95. The molecule has 1 aliphatic rings. The Hall–Kier alpha value is -3.14. The molecule has 10 heteroatoms. The van der Waals surface area contributed by atoms with Gasteiger partial charge in [-0.25, -0.2) is 23.1 Å². The Morgan fingerprint density at radius 2 is 1.85 bits per heavy atom. The SMILES string of the molecule is C=C1NN=C(C)C1(C)N=Nc1ccc(S(=O)(=O)Nc2ncccn2)cc1. The van der Waals surface area contributed by atoms with Crippen LogP contribution in [-0.2, 0) is 10.0 Å². The minimum absolute atomic E-state index is 0.00574. The van der Waals surface area contributed by atoms with Gasteiger partial charge in [0.05, 0.1) is 22.0 Å². The topological polar surface area (TPSA) is 121 Å². The average Bonchev–Trinajstić information content (AvgIpc) is 2.88. The second kappa shape index (κ2) is 6.64. The highest BCUT2D eigenvalue weighted by Crippen LogP contribution is 2.27. The van der Waals surface area contributed by atoms with E-state index in [0.717, 1.165) is 5.71 Å². The molecule has 1 aromatic carbocycles. The predicted octanol–water partition coefficient (Wildman–Crippen LogP) is 2.61. The van der Waals surface area contributed by atoms with Gasteiger partial charge in [-0.15, -0.1) is 0 Å². The number of azo groups is 1. The molecule has 134 valence electrons. The van der Waals surface area contributed by atoms with Crippen LogP contribution in [0.25, 0.3) is 0 Å². The first-order valence-electron chi connectivity index (χ1n) is 7.64. The van der Waals surface area contributed by atoms with Crippen molar-refractivity contribution < 1.29 is 8.42 Å². The summed E-state index contributed by atoms with van der Waals surface area (Å²) in [6.07, 6.45) is 2.90. The van der Waals surface area contributed by atoms with Crippen molar-refractivity contribution in [2.45, 2.75) is 24.3 Å². The number of nitrogens with one attached hydrogen (secondary N) is 2. The van der Waals surface area contributed by atoms with Crippen LogP contribution in [0.2, 0.25) is 0 Å². The van der Waals surface area contributed by atoms with Crippen molar-refractivity contribution in [2.75, 3.05) is 4.72 Å². The molecule has 0 radical (unpaired) electrons. The van der Waals surface area contributed by atoms with E-state index in [9.17, 15) is 8.42 Å². The maximum Gasteiger partial charge on any atom is 0.264 e. The van der Waals surface area contributed by atoms with E-state index >= 15 is 0 Å². The zero-order chi connectivity index (χ0) is 18.8. The minimum atomic E-state index is -3.78. The molecule has 1 aromatic heterocycles. The smallest absolute Gasteiger partial charge is 0.264 e. The van der Waals surface area contributed by atoms with Crippen LogP contribution < -0.4 is 10.1 Å². The largest absolute Gasteiger partial charge is 0.280 e. The zero-order valence-corrected chi connectivity index (χ0v) is 15.0. The fraction of sp³-hybridized carbons (Fsp3) is 0.188. The van der Waals surface area contributed by atoms with Crippen molar-refractivity contribution in [1.82, 2.24) is 15.4 Å². The van der Waals surface area contributed by atoms with E-state index in [4.69, 9.17) is 0 Å². The van der Waals surface area contributed by atoms with Gasteiger partial charge in [0, 0.05) is 12.4 Å². The highest BCUT2D eigenvalue weighted by atomic mass is 32.2. The Balaban J connectivity index is 1.77. The Bertz CT molecular complexity index is 985. The molecular weight excluding hydrogens is 354 g/mol. The normalized spacial score (nSPS) is 20.1. The fourth-order valence-electron chi connectivity index (χ4n) is 2.10. The van der Waals surface area contributed by atoms with Crippen molar-refractivity contribution in [1.29, 1.82) is 0 Å². The molecule has 0 fully saturated rings. The lowest BCUT2D eigenvalue weighted by atomic mass is 9.96. The average molecular weight is 371 g/mol. The number of benzene rings is 1. The molecule has 0 bridgehead atoms. The third kappa shape index (κ3) is 3.45. The van der Waals surface area contributed by atoms with Crippen LogP contribution in [0.3, 0.4) is 0 Å². The lowest BCUT2D eigenvalue weighted by Gasteiger charge is -2.17. The van der Waals surface area contributed by atoms with Crippen molar-refractivity contribution in [3.8, 4) is 0 Å². The summed E-state index contributed by atoms with van der Waals surface area (Å²) in [6.45, 7) is 7.56. The van der Waals surface area contributed by atoms with Crippen molar-refractivity contribution in [2.24, 2.45) is 15.3 Å². The molecule has 9 nitrogen and oxygen atoms in total. The summed E-state index contributed by atoms with van der Waals surface area (Å²) in [6, 6.07) is 7.59. The maximum atomic E-state index is 12.3. The van der Waals surface area contributed by atoms with Gasteiger partial charge in [-0.1, -0.05) is 6.58 Å². The molecule has 0 amide bonds. The Kier molecular flexibility index (Phi) is 4.51. The van der Waals surface area contributed by atoms with Crippen LogP contribution in [0.5, 0.6) is 0 Å². The molecule has 0 saturated carbocycles. The van der Waals surface area contributed by atoms with Crippen LogP contribution >= 0.6 is 0 Å². The molecule has 2 heterocycles. The Morgan fingerprint density at radius 1 is 1.19 bits per heavy atom. The third-order valence-corrected chi connectivity index (χ3v) is 5.30. The van der Waals surface area contributed by atoms with Gasteiger partial charge in [0.25, 0.3) is 10.0 Å². The second-order valence-electron chi connectivity index (χ2n) is 5.73. The number of aromatic nitrogens is 2. The van der Waals surface area contributed by atoms with Gasteiger partial charge in [-0.3, -0.25) is 5.43 Å². The van der Waals surface area contributed by atoms with E-state index in [-0.39, 0.29) is 10.8 Å². The molecule has 0 saturated heterocycles.